The van der Waals surface area contributed by atoms with Gasteiger partial charge >= 0.3 is 0 Å². The number of hydrogen-bond acceptors (Lipinski definition) is 3. The van der Waals surface area contributed by atoms with Gasteiger partial charge in [-0.3, -0.25) is 4.90 Å². The maximum absolute atomic E-state index is 10.7. The van der Waals surface area contributed by atoms with E-state index in [2.05, 4.69) is 37.8 Å². The lowest BCUT2D eigenvalue weighted by Crippen LogP contribution is -2.48. The van der Waals surface area contributed by atoms with Gasteiger partial charge in [-0.25, -0.2) is 0 Å². The lowest BCUT2D eigenvalue weighted by atomic mass is 9.78. The van der Waals surface area contributed by atoms with Gasteiger partial charge in [0.05, 0.1) is 13.2 Å². The van der Waals surface area contributed by atoms with Crippen LogP contribution in [0.25, 0.3) is 0 Å². The van der Waals surface area contributed by atoms with Crippen molar-refractivity contribution in [3.8, 4) is 5.75 Å². The van der Waals surface area contributed by atoms with Gasteiger partial charge in [0.2, 0.25) is 0 Å². The molecular weight excluding hydrogens is 286 g/mol. The molecule has 0 saturated carbocycles. The average molecular weight is 317 g/mol. The summed E-state index contributed by atoms with van der Waals surface area (Å²) in [4.78, 5) is 2.61. The summed E-state index contributed by atoms with van der Waals surface area (Å²) >= 11 is 0. The first-order valence-corrected chi connectivity index (χ1v) is 9.15. The predicted molar refractivity (Wildman–Crippen MR) is 94.0 cm³/mol. The van der Waals surface area contributed by atoms with Crippen molar-refractivity contribution in [3.05, 3.63) is 28.8 Å². The molecule has 0 aliphatic carbocycles. The molecule has 0 spiro atoms. The summed E-state index contributed by atoms with van der Waals surface area (Å²) in [6.07, 6.45) is 3.91. The summed E-state index contributed by atoms with van der Waals surface area (Å²) < 4.78 is 5.56. The molecule has 0 aromatic heterocycles. The van der Waals surface area contributed by atoms with Gasteiger partial charge in [0.25, 0.3) is 0 Å². The van der Waals surface area contributed by atoms with Crippen molar-refractivity contribution in [2.45, 2.75) is 58.6 Å². The summed E-state index contributed by atoms with van der Waals surface area (Å²) in [7, 11) is 1.76. The van der Waals surface area contributed by atoms with Crippen LogP contribution in [-0.4, -0.2) is 36.3 Å². The Morgan fingerprint density at radius 2 is 2.13 bits per heavy atom. The number of benzene rings is 1. The average Bonchev–Trinajstić information content (AvgIpc) is 2.53. The number of nitrogens with zero attached hydrogens (tertiary/aromatic N) is 1. The Hall–Kier alpha value is -1.06. The lowest BCUT2D eigenvalue weighted by Gasteiger charge is -2.46. The molecule has 2 aliphatic heterocycles. The number of fused-ring (bicyclic) bond motifs is 3. The van der Waals surface area contributed by atoms with E-state index < -0.39 is 0 Å². The first kappa shape index (κ1) is 16.8. The fourth-order valence-electron chi connectivity index (χ4n) is 4.47. The quantitative estimate of drug-likeness (QED) is 0.921. The van der Waals surface area contributed by atoms with E-state index in [4.69, 9.17) is 4.74 Å². The molecule has 0 bridgehead atoms. The number of aliphatic hydroxyl groups is 1. The van der Waals surface area contributed by atoms with E-state index in [1.807, 2.05) is 0 Å². The summed E-state index contributed by atoms with van der Waals surface area (Å²) in [6, 6.07) is 4.95. The second kappa shape index (κ2) is 6.82. The van der Waals surface area contributed by atoms with Gasteiger partial charge in [0, 0.05) is 19.1 Å². The van der Waals surface area contributed by atoms with Crippen LogP contribution in [0.4, 0.5) is 0 Å². The highest BCUT2D eigenvalue weighted by molar-refractivity contribution is 5.45. The SMILES string of the molecule is CCc1cc2c(cc1OC)CCN1C[C@H](CC(C)C)[C@H](O)C[C@@H]21. The molecule has 3 nitrogen and oxygen atoms in total. The Morgan fingerprint density at radius 1 is 1.35 bits per heavy atom. The van der Waals surface area contributed by atoms with E-state index in [0.29, 0.717) is 17.9 Å². The van der Waals surface area contributed by atoms with Crippen molar-refractivity contribution in [3.63, 3.8) is 0 Å². The molecule has 1 fully saturated rings. The van der Waals surface area contributed by atoms with Gasteiger partial charge in [0.1, 0.15) is 5.75 Å². The minimum Gasteiger partial charge on any atom is -0.496 e. The monoisotopic (exact) mass is 317 g/mol. The topological polar surface area (TPSA) is 32.7 Å². The van der Waals surface area contributed by atoms with Gasteiger partial charge in [0.15, 0.2) is 0 Å². The van der Waals surface area contributed by atoms with Crippen LogP contribution in [0.3, 0.4) is 0 Å². The molecule has 0 amide bonds. The van der Waals surface area contributed by atoms with Gasteiger partial charge in [-0.2, -0.15) is 0 Å². The molecule has 3 atom stereocenters. The molecule has 1 aromatic rings. The number of aliphatic hydroxyl groups excluding tert-OH is 1. The molecule has 1 aromatic carbocycles. The van der Waals surface area contributed by atoms with E-state index >= 15 is 0 Å². The van der Waals surface area contributed by atoms with Crippen molar-refractivity contribution < 1.29 is 9.84 Å². The summed E-state index contributed by atoms with van der Waals surface area (Å²) in [5.41, 5.74) is 4.12. The Kier molecular flexibility index (Phi) is 4.98. The third-order valence-electron chi connectivity index (χ3n) is 5.64. The fraction of sp³-hybridized carbons (Fsp3) is 0.700. The van der Waals surface area contributed by atoms with Gasteiger partial charge in [-0.1, -0.05) is 26.8 Å². The van der Waals surface area contributed by atoms with Crippen LogP contribution < -0.4 is 4.74 Å². The summed E-state index contributed by atoms with van der Waals surface area (Å²) in [5, 5.41) is 10.7. The Morgan fingerprint density at radius 3 is 2.78 bits per heavy atom. The van der Waals surface area contributed by atoms with E-state index in [1.54, 1.807) is 7.11 Å². The zero-order valence-corrected chi connectivity index (χ0v) is 15.0. The standard InChI is InChI=1S/C20H31NO2/c1-5-14-9-17-15(10-20(14)23-4)6-7-21-12-16(8-13(2)3)19(22)11-18(17)21/h9-10,13,16,18-19,22H,5-8,11-12H2,1-4H3/t16-,18-,19+/m0/s1. The largest absolute Gasteiger partial charge is 0.496 e. The highest BCUT2D eigenvalue weighted by Gasteiger charge is 2.38. The summed E-state index contributed by atoms with van der Waals surface area (Å²) in [5.74, 6) is 2.10. The van der Waals surface area contributed by atoms with Crippen molar-refractivity contribution in [2.24, 2.45) is 11.8 Å². The van der Waals surface area contributed by atoms with E-state index in [-0.39, 0.29) is 6.10 Å². The van der Waals surface area contributed by atoms with Gasteiger partial charge < -0.3 is 9.84 Å². The van der Waals surface area contributed by atoms with E-state index in [0.717, 1.165) is 44.5 Å². The highest BCUT2D eigenvalue weighted by atomic mass is 16.5. The highest BCUT2D eigenvalue weighted by Crippen LogP contribution is 2.41. The second-order valence-corrected chi connectivity index (χ2v) is 7.67. The first-order valence-electron chi connectivity index (χ1n) is 9.15. The number of hydrogen-bond donors (Lipinski definition) is 1. The van der Waals surface area contributed by atoms with Crippen LogP contribution >= 0.6 is 0 Å². The summed E-state index contributed by atoms with van der Waals surface area (Å²) in [6.45, 7) is 8.83. The maximum Gasteiger partial charge on any atom is 0.122 e. The van der Waals surface area contributed by atoms with E-state index in [1.165, 1.54) is 16.7 Å². The van der Waals surface area contributed by atoms with Gasteiger partial charge in [-0.05, 0) is 60.3 Å². The second-order valence-electron chi connectivity index (χ2n) is 7.67. The Bertz CT molecular complexity index is 555. The van der Waals surface area contributed by atoms with Crippen molar-refractivity contribution in [1.29, 1.82) is 0 Å². The number of ether oxygens (including phenoxy) is 1. The molecular formula is C20H31NO2. The third-order valence-corrected chi connectivity index (χ3v) is 5.64. The van der Waals surface area contributed by atoms with Crippen molar-refractivity contribution >= 4 is 0 Å². The van der Waals surface area contributed by atoms with E-state index in [9.17, 15) is 5.11 Å². The zero-order chi connectivity index (χ0) is 16.6. The smallest absolute Gasteiger partial charge is 0.122 e. The predicted octanol–water partition coefficient (Wildman–Crippen LogP) is 3.58. The number of aryl methyl sites for hydroxylation is 1. The molecule has 0 unspecified atom stereocenters. The molecule has 3 heteroatoms. The third kappa shape index (κ3) is 3.27. The van der Waals surface area contributed by atoms with Crippen molar-refractivity contribution in [2.75, 3.05) is 20.2 Å². The number of rotatable bonds is 4. The van der Waals surface area contributed by atoms with Crippen LogP contribution in [0, 0.1) is 11.8 Å². The Labute approximate surface area is 140 Å². The minimum absolute atomic E-state index is 0.170. The van der Waals surface area contributed by atoms with Crippen LogP contribution in [0.5, 0.6) is 5.75 Å². The molecule has 2 heterocycles. The molecule has 3 rings (SSSR count). The Balaban J connectivity index is 1.87. The molecule has 23 heavy (non-hydrogen) atoms. The molecule has 128 valence electrons. The molecule has 1 saturated heterocycles. The van der Waals surface area contributed by atoms with Crippen LogP contribution in [0.15, 0.2) is 12.1 Å². The lowest BCUT2D eigenvalue weighted by molar-refractivity contribution is -0.0191. The van der Waals surface area contributed by atoms with Crippen molar-refractivity contribution in [1.82, 2.24) is 4.90 Å². The fourth-order valence-corrected chi connectivity index (χ4v) is 4.47. The normalized spacial score (nSPS) is 27.7. The molecule has 2 aliphatic rings. The first-order chi connectivity index (χ1) is 11.0. The minimum atomic E-state index is -0.170. The van der Waals surface area contributed by atoms with Crippen LogP contribution in [0.1, 0.15) is 56.3 Å². The van der Waals surface area contributed by atoms with Crippen LogP contribution in [0.2, 0.25) is 0 Å². The van der Waals surface area contributed by atoms with Gasteiger partial charge in [-0.15, -0.1) is 0 Å². The number of methoxy groups -OCH3 is 1. The van der Waals surface area contributed by atoms with Crippen LogP contribution in [-0.2, 0) is 12.8 Å². The molecule has 1 N–H and O–H groups in total. The molecule has 0 radical (unpaired) electrons. The number of piperidine rings is 1. The maximum atomic E-state index is 10.7. The zero-order valence-electron chi connectivity index (χ0n) is 15.0.